The van der Waals surface area contributed by atoms with E-state index >= 15 is 0 Å². The molecule has 1 unspecified atom stereocenters. The summed E-state index contributed by atoms with van der Waals surface area (Å²) in [5.74, 6) is 2.30. The summed E-state index contributed by atoms with van der Waals surface area (Å²) in [5.41, 5.74) is 5.14. The first kappa shape index (κ1) is 16.3. The minimum absolute atomic E-state index is 0.100. The van der Waals surface area contributed by atoms with Gasteiger partial charge in [0.05, 0.1) is 12.2 Å². The van der Waals surface area contributed by atoms with E-state index in [1.807, 2.05) is 30.0 Å². The zero-order valence-corrected chi connectivity index (χ0v) is 13.9. The van der Waals surface area contributed by atoms with Crippen LogP contribution in [-0.2, 0) is 9.63 Å². The lowest BCUT2D eigenvalue weighted by atomic mass is 9.92. The SMILES string of the molecule is CC(=O)NCC1C=C(c2ccc(C3CCSCC3)c(F)c2)NO1. The molecule has 1 aromatic rings. The van der Waals surface area contributed by atoms with E-state index in [0.717, 1.165) is 41.2 Å². The molecule has 1 saturated heterocycles. The fraction of sp³-hybridized carbons (Fsp3) is 0.471. The number of hydroxylamine groups is 1. The highest BCUT2D eigenvalue weighted by molar-refractivity contribution is 7.99. The monoisotopic (exact) mass is 336 g/mol. The second kappa shape index (κ2) is 7.36. The van der Waals surface area contributed by atoms with Crippen LogP contribution in [0.4, 0.5) is 4.39 Å². The highest BCUT2D eigenvalue weighted by Crippen LogP contribution is 2.34. The van der Waals surface area contributed by atoms with Crippen LogP contribution in [0.25, 0.3) is 5.70 Å². The van der Waals surface area contributed by atoms with Crippen molar-refractivity contribution in [3.8, 4) is 0 Å². The summed E-state index contributed by atoms with van der Waals surface area (Å²) in [7, 11) is 0. The minimum atomic E-state index is -0.244. The summed E-state index contributed by atoms with van der Waals surface area (Å²) < 4.78 is 14.5. The molecule has 0 spiro atoms. The van der Waals surface area contributed by atoms with E-state index in [9.17, 15) is 9.18 Å². The van der Waals surface area contributed by atoms with Gasteiger partial charge in [0.25, 0.3) is 0 Å². The molecule has 2 aliphatic rings. The third-order valence-electron chi connectivity index (χ3n) is 4.20. The Labute approximate surface area is 139 Å². The number of hydrogen-bond donors (Lipinski definition) is 2. The molecule has 2 heterocycles. The lowest BCUT2D eigenvalue weighted by Crippen LogP contribution is -2.30. The molecule has 6 heteroatoms. The van der Waals surface area contributed by atoms with E-state index in [1.54, 1.807) is 6.07 Å². The van der Waals surface area contributed by atoms with Crippen LogP contribution >= 0.6 is 11.8 Å². The van der Waals surface area contributed by atoms with Crippen molar-refractivity contribution in [2.24, 2.45) is 0 Å². The smallest absolute Gasteiger partial charge is 0.216 e. The molecule has 124 valence electrons. The highest BCUT2D eigenvalue weighted by atomic mass is 32.2. The van der Waals surface area contributed by atoms with E-state index in [0.29, 0.717) is 12.5 Å². The first-order chi connectivity index (χ1) is 11.1. The first-order valence-electron chi connectivity index (χ1n) is 7.89. The van der Waals surface area contributed by atoms with Gasteiger partial charge in [0.2, 0.25) is 5.91 Å². The molecule has 4 nitrogen and oxygen atoms in total. The van der Waals surface area contributed by atoms with Gasteiger partial charge >= 0.3 is 0 Å². The van der Waals surface area contributed by atoms with Crippen LogP contribution in [-0.4, -0.2) is 30.1 Å². The molecule has 1 fully saturated rings. The standard InChI is InChI=1S/C17H21FN2O2S/c1-11(21)19-10-14-9-17(20-22-14)13-2-3-15(16(18)8-13)12-4-6-23-7-5-12/h2-3,8-9,12,14,20H,4-7,10H2,1H3,(H,19,21). The normalized spacial score (nSPS) is 21.7. The first-order valence-corrected chi connectivity index (χ1v) is 9.04. The second-order valence-corrected chi connectivity index (χ2v) is 7.12. The molecule has 3 rings (SSSR count). The summed E-state index contributed by atoms with van der Waals surface area (Å²) in [4.78, 5) is 16.3. The lowest BCUT2D eigenvalue weighted by Gasteiger charge is -2.22. The van der Waals surface area contributed by atoms with Crippen molar-refractivity contribution in [2.45, 2.75) is 31.8 Å². The summed E-state index contributed by atoms with van der Waals surface area (Å²) in [6, 6.07) is 5.40. The molecule has 2 aliphatic heterocycles. The van der Waals surface area contributed by atoms with Gasteiger partial charge in [-0.1, -0.05) is 12.1 Å². The number of carbonyl (C=O) groups is 1. The van der Waals surface area contributed by atoms with Crippen molar-refractivity contribution >= 4 is 23.4 Å². The molecule has 1 amide bonds. The maximum absolute atomic E-state index is 14.5. The topological polar surface area (TPSA) is 50.4 Å². The molecule has 0 aliphatic carbocycles. The van der Waals surface area contributed by atoms with Crippen molar-refractivity contribution in [2.75, 3.05) is 18.1 Å². The van der Waals surface area contributed by atoms with Crippen molar-refractivity contribution in [1.29, 1.82) is 0 Å². The van der Waals surface area contributed by atoms with Gasteiger partial charge in [0, 0.05) is 12.5 Å². The highest BCUT2D eigenvalue weighted by Gasteiger charge is 2.22. The van der Waals surface area contributed by atoms with Crippen LogP contribution in [0, 0.1) is 5.82 Å². The van der Waals surface area contributed by atoms with Crippen molar-refractivity contribution in [3.05, 3.63) is 41.2 Å². The van der Waals surface area contributed by atoms with Crippen LogP contribution in [0.2, 0.25) is 0 Å². The second-order valence-electron chi connectivity index (χ2n) is 5.90. The van der Waals surface area contributed by atoms with Crippen LogP contribution in [0.3, 0.4) is 0 Å². The van der Waals surface area contributed by atoms with Gasteiger partial charge in [-0.05, 0) is 48.0 Å². The van der Waals surface area contributed by atoms with Crippen LogP contribution in [0.5, 0.6) is 0 Å². The fourth-order valence-corrected chi connectivity index (χ4v) is 4.03. The number of nitrogens with one attached hydrogen (secondary N) is 2. The Hall–Kier alpha value is -1.53. The van der Waals surface area contributed by atoms with E-state index in [2.05, 4.69) is 10.8 Å². The van der Waals surface area contributed by atoms with Gasteiger partial charge in [-0.3, -0.25) is 15.1 Å². The van der Waals surface area contributed by atoms with Crippen molar-refractivity contribution in [1.82, 2.24) is 10.8 Å². The zero-order chi connectivity index (χ0) is 16.2. The Bertz CT molecular complexity index is 615. The molecule has 0 aromatic heterocycles. The largest absolute Gasteiger partial charge is 0.353 e. The molecule has 0 radical (unpaired) electrons. The Morgan fingerprint density at radius 2 is 2.22 bits per heavy atom. The van der Waals surface area contributed by atoms with Gasteiger partial charge in [-0.25, -0.2) is 4.39 Å². The number of benzene rings is 1. The van der Waals surface area contributed by atoms with Crippen molar-refractivity contribution in [3.63, 3.8) is 0 Å². The summed E-state index contributed by atoms with van der Waals surface area (Å²) in [5, 5.41) is 2.70. The molecular weight excluding hydrogens is 315 g/mol. The van der Waals surface area contributed by atoms with Crippen LogP contribution in [0.15, 0.2) is 24.3 Å². The van der Waals surface area contributed by atoms with Crippen LogP contribution < -0.4 is 10.8 Å². The fourth-order valence-electron chi connectivity index (χ4n) is 2.93. The van der Waals surface area contributed by atoms with Crippen LogP contribution in [0.1, 0.15) is 36.8 Å². The maximum atomic E-state index is 14.5. The quantitative estimate of drug-likeness (QED) is 0.888. The van der Waals surface area contributed by atoms with Gasteiger partial charge in [0.15, 0.2) is 0 Å². The number of amides is 1. The maximum Gasteiger partial charge on any atom is 0.216 e. The third kappa shape index (κ3) is 4.06. The van der Waals surface area contributed by atoms with E-state index < -0.39 is 0 Å². The Morgan fingerprint density at radius 1 is 1.43 bits per heavy atom. The zero-order valence-electron chi connectivity index (χ0n) is 13.1. The lowest BCUT2D eigenvalue weighted by molar-refractivity contribution is -0.119. The molecule has 23 heavy (non-hydrogen) atoms. The molecular formula is C17H21FN2O2S. The van der Waals surface area contributed by atoms with Gasteiger partial charge in [-0.15, -0.1) is 0 Å². The Balaban J connectivity index is 1.70. The molecule has 1 aromatic carbocycles. The van der Waals surface area contributed by atoms with Gasteiger partial charge in [-0.2, -0.15) is 11.8 Å². The molecule has 2 N–H and O–H groups in total. The summed E-state index contributed by atoms with van der Waals surface area (Å²) in [6.45, 7) is 1.86. The predicted octanol–water partition coefficient (Wildman–Crippen LogP) is 2.82. The Kier molecular flexibility index (Phi) is 5.23. The third-order valence-corrected chi connectivity index (χ3v) is 5.25. The number of hydrogen-bond acceptors (Lipinski definition) is 4. The molecule has 1 atom stereocenters. The van der Waals surface area contributed by atoms with E-state index in [1.165, 1.54) is 6.92 Å². The molecule has 0 bridgehead atoms. The number of rotatable bonds is 4. The number of halogens is 1. The van der Waals surface area contributed by atoms with Gasteiger partial charge in [0.1, 0.15) is 11.9 Å². The van der Waals surface area contributed by atoms with Crippen molar-refractivity contribution < 1.29 is 14.0 Å². The Morgan fingerprint density at radius 3 is 2.91 bits per heavy atom. The number of carbonyl (C=O) groups excluding carboxylic acids is 1. The van der Waals surface area contributed by atoms with Gasteiger partial charge < -0.3 is 5.32 Å². The number of thioether (sulfide) groups is 1. The minimum Gasteiger partial charge on any atom is -0.353 e. The van der Waals surface area contributed by atoms with E-state index in [4.69, 9.17) is 4.84 Å². The molecule has 0 saturated carbocycles. The summed E-state index contributed by atoms with van der Waals surface area (Å²) >= 11 is 1.94. The average molecular weight is 336 g/mol. The predicted molar refractivity (Wildman–Crippen MR) is 90.4 cm³/mol. The average Bonchev–Trinajstić information content (AvgIpc) is 3.02. The summed E-state index contributed by atoms with van der Waals surface area (Å²) in [6.07, 6.45) is 3.71. The van der Waals surface area contributed by atoms with E-state index in [-0.39, 0.29) is 17.8 Å².